The first kappa shape index (κ1) is 21.0. The van der Waals surface area contributed by atoms with Gasteiger partial charge >= 0.3 is 0 Å². The van der Waals surface area contributed by atoms with Gasteiger partial charge in [-0.25, -0.2) is 8.42 Å². The zero-order chi connectivity index (χ0) is 20.0. The number of nitrogens with one attached hydrogen (secondary N) is 2. The van der Waals surface area contributed by atoms with Crippen LogP contribution in [0.3, 0.4) is 0 Å². The highest BCUT2D eigenvalue weighted by Gasteiger charge is 2.18. The van der Waals surface area contributed by atoms with Crippen molar-refractivity contribution < 1.29 is 13.2 Å². The zero-order valence-electron chi connectivity index (χ0n) is 16.4. The number of amides is 1. The van der Waals surface area contributed by atoms with Crippen LogP contribution in [-0.4, -0.2) is 20.9 Å². The second-order valence-corrected chi connectivity index (χ2v) is 8.72. The molecule has 0 spiro atoms. The van der Waals surface area contributed by atoms with Crippen LogP contribution in [0.5, 0.6) is 0 Å². The fourth-order valence-electron chi connectivity index (χ4n) is 2.74. The molecule has 0 aliphatic carbocycles. The summed E-state index contributed by atoms with van der Waals surface area (Å²) in [6.45, 7) is 8.58. The number of carbonyl (C=O) groups is 1. The number of carbonyl (C=O) groups excluding carboxylic acids is 1. The van der Waals surface area contributed by atoms with Gasteiger partial charge in [0.05, 0.1) is 10.6 Å². The van der Waals surface area contributed by atoms with Gasteiger partial charge in [0.15, 0.2) is 0 Å². The van der Waals surface area contributed by atoms with E-state index in [1.54, 1.807) is 12.1 Å². The van der Waals surface area contributed by atoms with E-state index >= 15 is 0 Å². The largest absolute Gasteiger partial charge is 0.352 e. The van der Waals surface area contributed by atoms with Gasteiger partial charge in [-0.3, -0.25) is 9.52 Å². The summed E-state index contributed by atoms with van der Waals surface area (Å²) in [5.74, 6) is 0.223. The lowest BCUT2D eigenvalue weighted by molar-refractivity contribution is 0.0952. The van der Waals surface area contributed by atoms with Gasteiger partial charge < -0.3 is 5.32 Å². The standard InChI is InChI=1S/C21H28N2O3S/c1-5-17-9-6-8-16(4)20(17)23-27(25,26)19-11-7-10-18(14-19)21(24)22-13-12-15(2)3/h6-11,14-15,23H,5,12-13H2,1-4H3,(H,22,24). The van der Waals surface area contributed by atoms with E-state index in [1.165, 1.54) is 12.1 Å². The van der Waals surface area contributed by atoms with Crippen molar-refractivity contribution in [3.8, 4) is 0 Å². The Balaban J connectivity index is 2.24. The lowest BCUT2D eigenvalue weighted by Crippen LogP contribution is -2.25. The highest BCUT2D eigenvalue weighted by molar-refractivity contribution is 7.92. The molecule has 146 valence electrons. The predicted molar refractivity (Wildman–Crippen MR) is 110 cm³/mol. The van der Waals surface area contributed by atoms with Gasteiger partial charge in [-0.1, -0.05) is 45.0 Å². The maximum absolute atomic E-state index is 12.9. The van der Waals surface area contributed by atoms with Crippen molar-refractivity contribution in [1.29, 1.82) is 0 Å². The number of rotatable bonds is 8. The van der Waals surface area contributed by atoms with Crippen molar-refractivity contribution >= 4 is 21.6 Å². The maximum Gasteiger partial charge on any atom is 0.261 e. The minimum atomic E-state index is -3.79. The number of benzene rings is 2. The summed E-state index contributed by atoms with van der Waals surface area (Å²) in [5, 5.41) is 2.83. The van der Waals surface area contributed by atoms with E-state index in [9.17, 15) is 13.2 Å². The van der Waals surface area contributed by atoms with Crippen molar-refractivity contribution in [2.24, 2.45) is 5.92 Å². The third-order valence-corrected chi connectivity index (χ3v) is 5.74. The van der Waals surface area contributed by atoms with E-state index < -0.39 is 10.0 Å². The Hall–Kier alpha value is -2.34. The summed E-state index contributed by atoms with van der Waals surface area (Å²) in [6.07, 6.45) is 1.59. The molecule has 0 saturated carbocycles. The van der Waals surface area contributed by atoms with Gasteiger partial charge in [-0.15, -0.1) is 0 Å². The second kappa shape index (κ2) is 9.04. The number of hydrogen-bond acceptors (Lipinski definition) is 3. The molecular weight excluding hydrogens is 360 g/mol. The number of hydrogen-bond donors (Lipinski definition) is 2. The Morgan fingerprint density at radius 2 is 1.81 bits per heavy atom. The summed E-state index contributed by atoms with van der Waals surface area (Å²) < 4.78 is 28.4. The number of para-hydroxylation sites is 1. The molecule has 2 N–H and O–H groups in total. The molecule has 2 rings (SSSR count). The van der Waals surface area contributed by atoms with Crippen LogP contribution in [0.1, 0.15) is 48.7 Å². The zero-order valence-corrected chi connectivity index (χ0v) is 17.2. The van der Waals surface area contributed by atoms with E-state index in [2.05, 4.69) is 23.9 Å². The Labute approximate surface area is 162 Å². The van der Waals surface area contributed by atoms with Gasteiger partial charge in [-0.2, -0.15) is 0 Å². The summed E-state index contributed by atoms with van der Waals surface area (Å²) in [5.41, 5.74) is 2.73. The van der Waals surface area contributed by atoms with E-state index in [-0.39, 0.29) is 10.8 Å². The van der Waals surface area contributed by atoms with E-state index in [0.717, 1.165) is 24.0 Å². The Morgan fingerprint density at radius 1 is 1.11 bits per heavy atom. The third-order valence-electron chi connectivity index (χ3n) is 4.39. The molecule has 0 saturated heterocycles. The molecule has 0 aromatic heterocycles. The minimum absolute atomic E-state index is 0.0734. The molecule has 0 heterocycles. The first-order valence-corrected chi connectivity index (χ1v) is 10.7. The normalized spacial score (nSPS) is 11.4. The van der Waals surface area contributed by atoms with Crippen LogP contribution in [-0.2, 0) is 16.4 Å². The van der Waals surface area contributed by atoms with Crippen molar-refractivity contribution in [3.05, 3.63) is 59.2 Å². The Kier molecular flexibility index (Phi) is 7.02. The molecule has 5 nitrogen and oxygen atoms in total. The first-order valence-electron chi connectivity index (χ1n) is 9.24. The lowest BCUT2D eigenvalue weighted by Gasteiger charge is -2.15. The Morgan fingerprint density at radius 3 is 2.48 bits per heavy atom. The molecule has 0 radical (unpaired) electrons. The average molecular weight is 389 g/mol. The average Bonchev–Trinajstić information content (AvgIpc) is 2.63. The quantitative estimate of drug-likeness (QED) is 0.714. The lowest BCUT2D eigenvalue weighted by atomic mass is 10.1. The molecule has 0 aliphatic rings. The summed E-state index contributed by atoms with van der Waals surface area (Å²) >= 11 is 0. The molecule has 6 heteroatoms. The van der Waals surface area contributed by atoms with E-state index in [4.69, 9.17) is 0 Å². The third kappa shape index (κ3) is 5.57. The van der Waals surface area contributed by atoms with Crippen LogP contribution in [0.25, 0.3) is 0 Å². The van der Waals surface area contributed by atoms with Gasteiger partial charge in [-0.05, 0) is 55.0 Å². The van der Waals surface area contributed by atoms with Gasteiger partial charge in [0.25, 0.3) is 15.9 Å². The van der Waals surface area contributed by atoms with Crippen LogP contribution in [0.2, 0.25) is 0 Å². The molecule has 1 amide bonds. The van der Waals surface area contributed by atoms with Gasteiger partial charge in [0.1, 0.15) is 0 Å². The maximum atomic E-state index is 12.9. The Bertz CT molecular complexity index is 905. The summed E-state index contributed by atoms with van der Waals surface area (Å²) in [4.78, 5) is 12.4. The van der Waals surface area contributed by atoms with Crippen molar-refractivity contribution in [2.75, 3.05) is 11.3 Å². The SMILES string of the molecule is CCc1cccc(C)c1NS(=O)(=O)c1cccc(C(=O)NCCC(C)C)c1. The molecule has 2 aromatic carbocycles. The summed E-state index contributed by atoms with van der Waals surface area (Å²) in [6, 6.07) is 11.8. The molecule has 0 unspecified atom stereocenters. The van der Waals surface area contributed by atoms with Crippen LogP contribution >= 0.6 is 0 Å². The monoisotopic (exact) mass is 388 g/mol. The van der Waals surface area contributed by atoms with Crippen LogP contribution in [0.4, 0.5) is 5.69 Å². The fourth-order valence-corrected chi connectivity index (χ4v) is 3.96. The molecule has 0 bridgehead atoms. The van der Waals surface area contributed by atoms with Crippen LogP contribution in [0, 0.1) is 12.8 Å². The molecule has 0 atom stereocenters. The first-order chi connectivity index (χ1) is 12.7. The molecule has 2 aromatic rings. The number of anilines is 1. The minimum Gasteiger partial charge on any atom is -0.352 e. The predicted octanol–water partition coefficient (Wildman–Crippen LogP) is 4.13. The molecular formula is C21H28N2O3S. The van der Waals surface area contributed by atoms with Crippen molar-refractivity contribution in [1.82, 2.24) is 5.32 Å². The van der Waals surface area contributed by atoms with Crippen molar-refractivity contribution in [2.45, 2.75) is 45.4 Å². The van der Waals surface area contributed by atoms with Crippen LogP contribution < -0.4 is 10.0 Å². The highest BCUT2D eigenvalue weighted by atomic mass is 32.2. The van der Waals surface area contributed by atoms with Crippen molar-refractivity contribution in [3.63, 3.8) is 0 Å². The molecule has 27 heavy (non-hydrogen) atoms. The van der Waals surface area contributed by atoms with Gasteiger partial charge in [0, 0.05) is 12.1 Å². The van der Waals surface area contributed by atoms with E-state index in [0.29, 0.717) is 23.7 Å². The van der Waals surface area contributed by atoms with Gasteiger partial charge in [0.2, 0.25) is 0 Å². The number of aryl methyl sites for hydroxylation is 2. The van der Waals surface area contributed by atoms with Crippen LogP contribution in [0.15, 0.2) is 47.4 Å². The summed E-state index contributed by atoms with van der Waals surface area (Å²) in [7, 11) is -3.79. The second-order valence-electron chi connectivity index (χ2n) is 7.03. The molecule has 0 fully saturated rings. The topological polar surface area (TPSA) is 75.3 Å². The molecule has 0 aliphatic heterocycles. The highest BCUT2D eigenvalue weighted by Crippen LogP contribution is 2.25. The fraction of sp³-hybridized carbons (Fsp3) is 0.381. The van der Waals surface area contributed by atoms with E-state index in [1.807, 2.05) is 32.0 Å². The number of sulfonamides is 1. The smallest absolute Gasteiger partial charge is 0.261 e.